The van der Waals surface area contributed by atoms with Crippen LogP contribution in [0.5, 0.6) is 0 Å². The summed E-state index contributed by atoms with van der Waals surface area (Å²) in [7, 11) is 0. The van der Waals surface area contributed by atoms with E-state index in [-0.39, 0.29) is 6.61 Å². The average Bonchev–Trinajstić information content (AvgIpc) is 2.54. The lowest BCUT2D eigenvalue weighted by Gasteiger charge is -2.38. The summed E-state index contributed by atoms with van der Waals surface area (Å²) in [5.74, 6) is -2.69. The first kappa shape index (κ1) is 21.3. The molecule has 0 radical (unpaired) electrons. The minimum Gasteiger partial charge on any atom is -0.478 e. The van der Waals surface area contributed by atoms with Crippen LogP contribution in [0.4, 0.5) is 0 Å². The average molecular weight is 365 g/mol. The first-order chi connectivity index (χ1) is 11.7. The second-order valence-electron chi connectivity index (χ2n) is 5.57. The summed E-state index contributed by atoms with van der Waals surface area (Å²) in [6.45, 7) is -0.159. The van der Waals surface area contributed by atoms with Gasteiger partial charge in [-0.25, -0.2) is 4.79 Å². The van der Waals surface area contributed by atoms with Crippen LogP contribution in [0.2, 0.25) is 0 Å². The number of rotatable bonds is 9. The van der Waals surface area contributed by atoms with Crippen LogP contribution >= 0.6 is 0 Å². The van der Waals surface area contributed by atoms with Gasteiger partial charge in [0.25, 0.3) is 0 Å². The normalized spacial score (nSPS) is 26.8. The fraction of sp³-hybridized carbons (Fsp3) is 0.714. The Balaban J connectivity index is 2.82. The van der Waals surface area contributed by atoms with E-state index in [9.17, 15) is 24.9 Å². The number of hydrogen-bond acceptors (Lipinski definition) is 9. The second kappa shape index (κ2) is 9.65. The summed E-state index contributed by atoms with van der Waals surface area (Å²) in [6.07, 6.45) is -6.52. The summed E-state index contributed by atoms with van der Waals surface area (Å²) in [5.41, 5.74) is 0. The van der Waals surface area contributed by atoms with Crippen LogP contribution in [0.15, 0.2) is 11.8 Å². The minimum absolute atomic E-state index is 0.302. The molecule has 11 heteroatoms. The molecule has 7 N–H and O–H groups in total. The highest BCUT2D eigenvalue weighted by molar-refractivity contribution is 5.84. The molecule has 0 saturated carbocycles. The van der Waals surface area contributed by atoms with Crippen molar-refractivity contribution in [3.63, 3.8) is 0 Å². The molecule has 11 nitrogen and oxygen atoms in total. The zero-order valence-electron chi connectivity index (χ0n) is 13.5. The van der Waals surface area contributed by atoms with Crippen LogP contribution in [0.1, 0.15) is 6.92 Å². The fourth-order valence-corrected chi connectivity index (χ4v) is 2.21. The molecule has 0 bridgehead atoms. The molecule has 0 fully saturated rings. The lowest BCUT2D eigenvalue weighted by atomic mass is 9.94. The van der Waals surface area contributed by atoms with Gasteiger partial charge in [0, 0.05) is 6.92 Å². The molecule has 1 rings (SSSR count). The van der Waals surface area contributed by atoms with Crippen molar-refractivity contribution < 1.29 is 49.7 Å². The molecule has 6 atom stereocenters. The van der Waals surface area contributed by atoms with Gasteiger partial charge < -0.3 is 45.4 Å². The van der Waals surface area contributed by atoms with Crippen molar-refractivity contribution in [2.75, 3.05) is 19.8 Å². The van der Waals surface area contributed by atoms with Gasteiger partial charge in [0.1, 0.15) is 24.4 Å². The zero-order valence-corrected chi connectivity index (χ0v) is 13.5. The molecule has 25 heavy (non-hydrogen) atoms. The Bertz CT molecular complexity index is 496. The monoisotopic (exact) mass is 365 g/mol. The molecular weight excluding hydrogens is 342 g/mol. The summed E-state index contributed by atoms with van der Waals surface area (Å²) >= 11 is 0. The van der Waals surface area contributed by atoms with Crippen molar-refractivity contribution in [3.05, 3.63) is 11.8 Å². The quantitative estimate of drug-likeness (QED) is 0.214. The smallest absolute Gasteiger partial charge is 0.370 e. The third kappa shape index (κ3) is 6.23. The Morgan fingerprint density at radius 1 is 1.32 bits per heavy atom. The van der Waals surface area contributed by atoms with Gasteiger partial charge >= 0.3 is 5.97 Å². The van der Waals surface area contributed by atoms with E-state index < -0.39 is 67.4 Å². The molecule has 0 spiro atoms. The van der Waals surface area contributed by atoms with E-state index in [1.807, 2.05) is 0 Å². The van der Waals surface area contributed by atoms with Crippen LogP contribution in [0.3, 0.4) is 0 Å². The summed E-state index contributed by atoms with van der Waals surface area (Å²) < 4.78 is 10.0. The number of aliphatic hydroxyl groups excluding tert-OH is 5. The molecule has 144 valence electrons. The van der Waals surface area contributed by atoms with Crippen molar-refractivity contribution >= 4 is 11.9 Å². The van der Waals surface area contributed by atoms with E-state index in [1.54, 1.807) is 0 Å². The lowest BCUT2D eigenvalue weighted by molar-refractivity contribution is -0.151. The molecule has 0 aromatic carbocycles. The number of aliphatic carboxylic acids is 1. The maximum absolute atomic E-state index is 11.3. The van der Waals surface area contributed by atoms with E-state index in [0.717, 1.165) is 13.0 Å². The summed E-state index contributed by atoms with van der Waals surface area (Å²) in [4.78, 5) is 22.3. The number of carboxylic acid groups (broad SMARTS) is 1. The first-order valence-electron chi connectivity index (χ1n) is 7.47. The predicted octanol–water partition coefficient (Wildman–Crippen LogP) is -3.69. The maximum Gasteiger partial charge on any atom is 0.370 e. The molecule has 2 unspecified atom stereocenters. The van der Waals surface area contributed by atoms with Gasteiger partial charge in [-0.05, 0) is 6.08 Å². The van der Waals surface area contributed by atoms with Crippen molar-refractivity contribution in [3.8, 4) is 0 Å². The Labute approximate surface area is 143 Å². The van der Waals surface area contributed by atoms with Gasteiger partial charge in [-0.15, -0.1) is 0 Å². The number of aliphatic hydroxyl groups is 5. The molecule has 0 aromatic heterocycles. The highest BCUT2D eigenvalue weighted by Crippen LogP contribution is 2.23. The third-order valence-electron chi connectivity index (χ3n) is 3.43. The highest BCUT2D eigenvalue weighted by Gasteiger charge is 2.43. The number of carbonyl (C=O) groups excluding carboxylic acids is 1. The minimum atomic E-state index is -1.72. The van der Waals surface area contributed by atoms with Crippen molar-refractivity contribution in [1.82, 2.24) is 5.32 Å². The molecule has 1 aliphatic heterocycles. The molecule has 1 aliphatic rings. The van der Waals surface area contributed by atoms with Crippen LogP contribution < -0.4 is 5.32 Å². The zero-order chi connectivity index (χ0) is 19.1. The van der Waals surface area contributed by atoms with E-state index in [4.69, 9.17) is 24.8 Å². The largest absolute Gasteiger partial charge is 0.478 e. The van der Waals surface area contributed by atoms with Gasteiger partial charge in [0.15, 0.2) is 6.10 Å². The first-order valence-corrected chi connectivity index (χ1v) is 7.47. The van der Waals surface area contributed by atoms with E-state index >= 15 is 0 Å². The van der Waals surface area contributed by atoms with Crippen molar-refractivity contribution in [1.29, 1.82) is 0 Å². The van der Waals surface area contributed by atoms with Gasteiger partial charge in [0.2, 0.25) is 11.7 Å². The molecule has 0 aliphatic carbocycles. The van der Waals surface area contributed by atoms with Gasteiger partial charge in [-0.1, -0.05) is 0 Å². The van der Waals surface area contributed by atoms with Crippen LogP contribution in [0, 0.1) is 0 Å². The van der Waals surface area contributed by atoms with E-state index in [0.29, 0.717) is 0 Å². The van der Waals surface area contributed by atoms with Crippen LogP contribution in [-0.4, -0.2) is 98.9 Å². The molecule has 1 heterocycles. The van der Waals surface area contributed by atoms with Crippen LogP contribution in [-0.2, 0) is 19.1 Å². The summed E-state index contributed by atoms with van der Waals surface area (Å²) in [6, 6.07) is -1.20. The van der Waals surface area contributed by atoms with Crippen LogP contribution in [0.25, 0.3) is 0 Å². The van der Waals surface area contributed by atoms with Crippen molar-refractivity contribution in [2.24, 2.45) is 0 Å². The van der Waals surface area contributed by atoms with Gasteiger partial charge in [0.05, 0.1) is 25.9 Å². The number of ether oxygens (including phenoxy) is 2. The highest BCUT2D eigenvalue weighted by atomic mass is 16.5. The predicted molar refractivity (Wildman–Crippen MR) is 80.1 cm³/mol. The molecule has 0 aromatic rings. The number of amides is 1. The van der Waals surface area contributed by atoms with Crippen molar-refractivity contribution in [2.45, 2.75) is 43.5 Å². The Morgan fingerprint density at radius 2 is 1.96 bits per heavy atom. The van der Waals surface area contributed by atoms with Gasteiger partial charge in [-0.2, -0.15) is 0 Å². The Morgan fingerprint density at radius 3 is 2.48 bits per heavy atom. The Hall–Kier alpha value is -1.76. The number of hydrogen-bond donors (Lipinski definition) is 7. The molecule has 1 amide bonds. The van der Waals surface area contributed by atoms with E-state index in [1.165, 1.54) is 0 Å². The lowest BCUT2D eigenvalue weighted by Crippen LogP contribution is -2.60. The van der Waals surface area contributed by atoms with Gasteiger partial charge in [-0.3, -0.25) is 4.79 Å². The Kier molecular flexibility index (Phi) is 8.22. The number of nitrogens with one attached hydrogen (secondary N) is 1. The molecule has 0 saturated heterocycles. The third-order valence-corrected chi connectivity index (χ3v) is 3.43. The van der Waals surface area contributed by atoms with E-state index in [2.05, 4.69) is 5.32 Å². The maximum atomic E-state index is 11.3. The number of carboxylic acids is 1. The molecular formula is C14H23NO10. The fourth-order valence-electron chi connectivity index (χ4n) is 2.21. The number of carbonyl (C=O) groups is 2. The topological polar surface area (TPSA) is 186 Å². The second-order valence-corrected chi connectivity index (χ2v) is 5.57. The summed E-state index contributed by atoms with van der Waals surface area (Å²) in [5, 5.41) is 59.3. The SMILES string of the molecule is CC(=O)N[C@@H]1C(O)C=C(C(=O)O)OC1[C@H](O)[C@H](O)COC[C@H](O)CO. The standard InChI is InChI=1S/C14H23NO10/c1-6(17)15-11-8(19)2-10(14(22)23)25-13(11)12(21)9(20)5-24-4-7(18)3-16/h2,7-9,11-13,16,18-21H,3-5H2,1H3,(H,15,17)(H,22,23)/t7-,8?,9-,11-,12-,13?/m1/s1.